The van der Waals surface area contributed by atoms with Gasteiger partial charge in [-0.25, -0.2) is 15.0 Å². The Balaban J connectivity index is 1.07. The van der Waals surface area contributed by atoms with Gasteiger partial charge in [-0.2, -0.15) is 0 Å². The van der Waals surface area contributed by atoms with Gasteiger partial charge in [0, 0.05) is 43.8 Å². The highest BCUT2D eigenvalue weighted by Gasteiger charge is 2.20. The third kappa shape index (κ3) is 5.45. The molecule has 0 aliphatic rings. The van der Waals surface area contributed by atoms with Gasteiger partial charge in [0.15, 0.2) is 17.5 Å². The Morgan fingerprint density at radius 3 is 1.57 bits per heavy atom. The number of hydrogen-bond acceptors (Lipinski definition) is 5. The van der Waals surface area contributed by atoms with E-state index in [4.69, 9.17) is 23.8 Å². The minimum Gasteiger partial charge on any atom is -0.456 e. The molecule has 0 unspecified atom stereocenters. The van der Waals surface area contributed by atoms with Crippen molar-refractivity contribution in [2.24, 2.45) is 0 Å². The summed E-state index contributed by atoms with van der Waals surface area (Å²) in [6.45, 7) is 0. The zero-order valence-corrected chi connectivity index (χ0v) is 30.1. The van der Waals surface area contributed by atoms with Crippen molar-refractivity contribution in [1.29, 1.82) is 0 Å². The summed E-state index contributed by atoms with van der Waals surface area (Å²) in [5, 5.41) is 4.11. The maximum atomic E-state index is 6.65. The lowest BCUT2D eigenvalue weighted by Crippen LogP contribution is -2.00. The highest BCUT2D eigenvalue weighted by Crippen LogP contribution is 2.42. The van der Waals surface area contributed by atoms with E-state index in [1.54, 1.807) is 0 Å². The molecular weight excluding hydrogens is 687 g/mol. The predicted octanol–water partition coefficient (Wildman–Crippen LogP) is 13.7. The van der Waals surface area contributed by atoms with Gasteiger partial charge in [0.1, 0.15) is 22.3 Å². The topological polar surface area (TPSA) is 65.0 Å². The molecule has 0 N–H and O–H groups in total. The van der Waals surface area contributed by atoms with E-state index in [2.05, 4.69) is 121 Å². The fourth-order valence-electron chi connectivity index (χ4n) is 7.80. The van der Waals surface area contributed by atoms with E-state index in [1.807, 2.05) is 66.7 Å². The van der Waals surface area contributed by atoms with Gasteiger partial charge in [-0.05, 0) is 64.2 Å². The average molecular weight is 718 g/mol. The molecule has 0 radical (unpaired) electrons. The molecule has 0 aliphatic heterocycles. The molecule has 262 valence electrons. The number of fused-ring (bicyclic) bond motifs is 6. The molecule has 0 fully saturated rings. The van der Waals surface area contributed by atoms with Gasteiger partial charge in [-0.3, -0.25) is 0 Å². The Morgan fingerprint density at radius 2 is 0.839 bits per heavy atom. The van der Waals surface area contributed by atoms with Crippen LogP contribution in [0.25, 0.3) is 111 Å². The zero-order chi connectivity index (χ0) is 37.0. The quantitative estimate of drug-likeness (QED) is 0.171. The van der Waals surface area contributed by atoms with Crippen LogP contribution in [0.4, 0.5) is 0 Å². The van der Waals surface area contributed by atoms with Crippen molar-refractivity contribution in [3.8, 4) is 67.5 Å². The molecule has 0 bridgehead atoms. The number of nitrogens with zero attached hydrogens (tertiary/aromatic N) is 3. The van der Waals surface area contributed by atoms with Gasteiger partial charge in [-0.15, -0.1) is 0 Å². The first-order valence-corrected chi connectivity index (χ1v) is 18.7. The second-order valence-electron chi connectivity index (χ2n) is 14.0. The van der Waals surface area contributed by atoms with Crippen LogP contribution in [0.3, 0.4) is 0 Å². The molecule has 0 saturated carbocycles. The molecule has 0 aliphatic carbocycles. The molecule has 5 heteroatoms. The molecule has 0 spiro atoms. The van der Waals surface area contributed by atoms with Crippen LogP contribution in [-0.2, 0) is 0 Å². The summed E-state index contributed by atoms with van der Waals surface area (Å²) in [6, 6.07) is 64.5. The predicted molar refractivity (Wildman–Crippen MR) is 227 cm³/mol. The first-order chi connectivity index (χ1) is 27.7. The average Bonchev–Trinajstić information content (AvgIpc) is 3.85. The van der Waals surface area contributed by atoms with Crippen molar-refractivity contribution in [1.82, 2.24) is 15.0 Å². The molecule has 3 aromatic heterocycles. The van der Waals surface area contributed by atoms with Crippen LogP contribution in [0.15, 0.2) is 197 Å². The van der Waals surface area contributed by atoms with E-state index in [0.717, 1.165) is 93.9 Å². The minimum absolute atomic E-state index is 0.581. The molecule has 0 atom stereocenters. The normalized spacial score (nSPS) is 11.6. The van der Waals surface area contributed by atoms with Crippen molar-refractivity contribution in [3.05, 3.63) is 188 Å². The van der Waals surface area contributed by atoms with Crippen molar-refractivity contribution >= 4 is 43.9 Å². The summed E-state index contributed by atoms with van der Waals surface area (Å²) in [7, 11) is 0. The largest absolute Gasteiger partial charge is 0.456 e. The number of aromatic nitrogens is 3. The van der Waals surface area contributed by atoms with E-state index >= 15 is 0 Å². The highest BCUT2D eigenvalue weighted by atomic mass is 16.3. The van der Waals surface area contributed by atoms with Gasteiger partial charge >= 0.3 is 0 Å². The summed E-state index contributed by atoms with van der Waals surface area (Å²) < 4.78 is 13.2. The van der Waals surface area contributed by atoms with Crippen LogP contribution in [0.5, 0.6) is 0 Å². The number of hydrogen-bond donors (Lipinski definition) is 0. The fourth-order valence-corrected chi connectivity index (χ4v) is 7.80. The van der Waals surface area contributed by atoms with E-state index in [1.165, 1.54) is 0 Å². The number of furan rings is 2. The van der Waals surface area contributed by atoms with Gasteiger partial charge in [0.25, 0.3) is 0 Å². The Morgan fingerprint density at radius 1 is 0.286 bits per heavy atom. The molecule has 0 saturated heterocycles. The third-order valence-electron chi connectivity index (χ3n) is 10.6. The van der Waals surface area contributed by atoms with Crippen LogP contribution >= 0.6 is 0 Å². The first-order valence-electron chi connectivity index (χ1n) is 18.7. The Kier molecular flexibility index (Phi) is 7.42. The summed E-state index contributed by atoms with van der Waals surface area (Å²) in [5.74, 6) is 1.80. The van der Waals surface area contributed by atoms with Crippen molar-refractivity contribution in [2.45, 2.75) is 0 Å². The molecule has 11 aromatic rings. The molecular formula is C51H31N3O2. The molecule has 3 heterocycles. The standard InChI is InChI=1S/C51H31N3O2/c1-4-13-32(14-5-1)34-23-25-36(26-24-34)50-52-49(35-17-8-3-9-18-35)53-51(54-50)41-20-12-22-45-47(41)40-28-27-37(31-46(40)55-45)42-29-38(33-15-6-2-7-16-33)30-43-39-19-10-11-21-44(39)56-48(42)43/h1-31H. The highest BCUT2D eigenvalue weighted by molar-refractivity contribution is 6.14. The van der Waals surface area contributed by atoms with Crippen molar-refractivity contribution in [3.63, 3.8) is 0 Å². The van der Waals surface area contributed by atoms with Crippen molar-refractivity contribution < 1.29 is 8.83 Å². The lowest BCUT2D eigenvalue weighted by Gasteiger charge is -2.10. The van der Waals surface area contributed by atoms with E-state index in [0.29, 0.717) is 17.5 Å². The summed E-state index contributed by atoms with van der Waals surface area (Å²) in [6.07, 6.45) is 0. The van der Waals surface area contributed by atoms with Crippen molar-refractivity contribution in [2.75, 3.05) is 0 Å². The molecule has 11 rings (SSSR count). The summed E-state index contributed by atoms with van der Waals surface area (Å²) in [4.78, 5) is 15.2. The summed E-state index contributed by atoms with van der Waals surface area (Å²) in [5.41, 5.74) is 12.5. The van der Waals surface area contributed by atoms with Crippen LogP contribution in [-0.4, -0.2) is 15.0 Å². The van der Waals surface area contributed by atoms with E-state index in [9.17, 15) is 0 Å². The summed E-state index contributed by atoms with van der Waals surface area (Å²) >= 11 is 0. The number of benzene rings is 8. The van der Waals surface area contributed by atoms with Crippen LogP contribution < -0.4 is 0 Å². The van der Waals surface area contributed by atoms with E-state index in [-0.39, 0.29) is 0 Å². The van der Waals surface area contributed by atoms with Crippen LogP contribution in [0.1, 0.15) is 0 Å². The molecule has 56 heavy (non-hydrogen) atoms. The smallest absolute Gasteiger partial charge is 0.164 e. The minimum atomic E-state index is 0.581. The monoisotopic (exact) mass is 717 g/mol. The third-order valence-corrected chi connectivity index (χ3v) is 10.6. The second kappa shape index (κ2) is 13.0. The lowest BCUT2D eigenvalue weighted by atomic mass is 9.95. The Bertz CT molecular complexity index is 3220. The Labute approximate surface area is 322 Å². The van der Waals surface area contributed by atoms with Crippen LogP contribution in [0, 0.1) is 0 Å². The molecule has 0 amide bonds. The zero-order valence-electron chi connectivity index (χ0n) is 30.1. The van der Waals surface area contributed by atoms with Crippen LogP contribution in [0.2, 0.25) is 0 Å². The Hall–Kier alpha value is -7.63. The van der Waals surface area contributed by atoms with Gasteiger partial charge < -0.3 is 8.83 Å². The maximum absolute atomic E-state index is 6.65. The number of para-hydroxylation sites is 1. The van der Waals surface area contributed by atoms with Gasteiger partial charge in [0.05, 0.1) is 0 Å². The van der Waals surface area contributed by atoms with Gasteiger partial charge in [0.2, 0.25) is 0 Å². The molecule has 8 aromatic carbocycles. The molecule has 5 nitrogen and oxygen atoms in total. The maximum Gasteiger partial charge on any atom is 0.164 e. The lowest BCUT2D eigenvalue weighted by molar-refractivity contribution is 0.668. The second-order valence-corrected chi connectivity index (χ2v) is 14.0. The van der Waals surface area contributed by atoms with E-state index < -0.39 is 0 Å². The first kappa shape index (κ1) is 31.9. The SMILES string of the molecule is c1ccc(-c2ccc(-c3nc(-c4ccccc4)nc(-c4cccc5oc6cc(-c7cc(-c8ccccc8)cc8c7oc7ccccc78)ccc6c45)n3)cc2)cc1. The number of rotatable bonds is 6. The van der Waals surface area contributed by atoms with Gasteiger partial charge in [-0.1, -0.05) is 152 Å². The fraction of sp³-hybridized carbons (Fsp3) is 0.